The van der Waals surface area contributed by atoms with Crippen LogP contribution in [-0.4, -0.2) is 36.6 Å². The summed E-state index contributed by atoms with van der Waals surface area (Å²) in [4.78, 5) is 21.5. The van der Waals surface area contributed by atoms with Crippen LogP contribution >= 0.6 is 0 Å². The Kier molecular flexibility index (Phi) is 3.56. The van der Waals surface area contributed by atoms with E-state index in [4.69, 9.17) is 0 Å². The van der Waals surface area contributed by atoms with E-state index >= 15 is 0 Å². The van der Waals surface area contributed by atoms with Crippen LogP contribution < -0.4 is 4.90 Å². The van der Waals surface area contributed by atoms with Gasteiger partial charge in [0.05, 0.1) is 19.5 Å². The number of esters is 1. The summed E-state index contributed by atoms with van der Waals surface area (Å²) < 4.78 is 4.57. The normalized spacial score (nSPS) is 15.2. The fraction of sp³-hybridized carbons (Fsp3) is 0.583. The molecule has 0 saturated heterocycles. The van der Waals surface area contributed by atoms with E-state index in [2.05, 4.69) is 19.6 Å². The van der Waals surface area contributed by atoms with Crippen LogP contribution in [0.25, 0.3) is 0 Å². The van der Waals surface area contributed by atoms with Gasteiger partial charge in [-0.3, -0.25) is 0 Å². The largest absolute Gasteiger partial charge is 0.464 e. The second-order valence-electron chi connectivity index (χ2n) is 4.43. The van der Waals surface area contributed by atoms with Gasteiger partial charge in [0.15, 0.2) is 5.69 Å². The highest BCUT2D eigenvalue weighted by atomic mass is 16.5. The molecule has 1 saturated carbocycles. The number of hydrogen-bond acceptors (Lipinski definition) is 5. The quantitative estimate of drug-likeness (QED) is 0.740. The molecule has 0 N–H and O–H groups in total. The van der Waals surface area contributed by atoms with E-state index in [9.17, 15) is 4.79 Å². The number of carbonyl (C=O) groups excluding carboxylic acids is 1. The highest BCUT2D eigenvalue weighted by molar-refractivity contribution is 5.86. The smallest absolute Gasteiger partial charge is 0.358 e. The van der Waals surface area contributed by atoms with E-state index in [0.29, 0.717) is 0 Å². The highest BCUT2D eigenvalue weighted by Gasteiger charge is 2.20. The van der Waals surface area contributed by atoms with Crippen LogP contribution in [0.5, 0.6) is 0 Å². The Balaban J connectivity index is 1.98. The lowest BCUT2D eigenvalue weighted by molar-refractivity contribution is 0.0593. The van der Waals surface area contributed by atoms with Crippen molar-refractivity contribution in [1.29, 1.82) is 0 Å². The topological polar surface area (TPSA) is 55.3 Å². The number of carbonyl (C=O) groups is 1. The molecule has 5 heteroatoms. The molecule has 0 atom stereocenters. The van der Waals surface area contributed by atoms with E-state index < -0.39 is 5.97 Å². The Labute approximate surface area is 101 Å². The second kappa shape index (κ2) is 5.12. The highest BCUT2D eigenvalue weighted by Crippen LogP contribution is 2.27. The summed E-state index contributed by atoms with van der Waals surface area (Å²) in [6.45, 7) is 1.01. The Morgan fingerprint density at radius 2 is 2.24 bits per heavy atom. The molecule has 1 aromatic heterocycles. The van der Waals surface area contributed by atoms with E-state index in [-0.39, 0.29) is 5.69 Å². The lowest BCUT2D eigenvalue weighted by Gasteiger charge is -2.30. The zero-order chi connectivity index (χ0) is 12.3. The van der Waals surface area contributed by atoms with Crippen LogP contribution in [0.1, 0.15) is 29.8 Å². The van der Waals surface area contributed by atoms with Gasteiger partial charge < -0.3 is 9.64 Å². The zero-order valence-corrected chi connectivity index (χ0v) is 10.2. The summed E-state index contributed by atoms with van der Waals surface area (Å²) >= 11 is 0. The summed E-state index contributed by atoms with van der Waals surface area (Å²) in [5, 5.41) is 0. The van der Waals surface area contributed by atoms with E-state index in [0.717, 1.165) is 18.3 Å². The molecule has 92 valence electrons. The number of methoxy groups -OCH3 is 1. The van der Waals surface area contributed by atoms with Crippen LogP contribution in [-0.2, 0) is 4.74 Å². The predicted octanol–water partition coefficient (Wildman–Crippen LogP) is 1.50. The van der Waals surface area contributed by atoms with Crippen molar-refractivity contribution in [3.63, 3.8) is 0 Å². The van der Waals surface area contributed by atoms with Crippen molar-refractivity contribution in [2.45, 2.75) is 19.3 Å². The number of nitrogens with zero attached hydrogens (tertiary/aromatic N) is 3. The van der Waals surface area contributed by atoms with Gasteiger partial charge in [-0.15, -0.1) is 0 Å². The molecule has 17 heavy (non-hydrogen) atoms. The molecule has 1 aliphatic carbocycles. The molecule has 1 aromatic rings. The molecule has 0 spiro atoms. The average Bonchev–Trinajstić information content (AvgIpc) is 2.32. The minimum absolute atomic E-state index is 0.244. The first-order chi connectivity index (χ1) is 8.20. The van der Waals surface area contributed by atoms with Gasteiger partial charge in [-0.1, -0.05) is 6.42 Å². The van der Waals surface area contributed by atoms with Gasteiger partial charge in [0.1, 0.15) is 5.82 Å². The Morgan fingerprint density at radius 3 is 2.71 bits per heavy atom. The predicted molar refractivity (Wildman–Crippen MR) is 64.0 cm³/mol. The van der Waals surface area contributed by atoms with Crippen molar-refractivity contribution in [3.05, 3.63) is 18.1 Å². The van der Waals surface area contributed by atoms with Gasteiger partial charge in [-0.2, -0.15) is 0 Å². The minimum atomic E-state index is -0.453. The van der Waals surface area contributed by atoms with Crippen LogP contribution in [0.3, 0.4) is 0 Å². The molecular weight excluding hydrogens is 218 g/mol. The maximum Gasteiger partial charge on any atom is 0.358 e. The van der Waals surface area contributed by atoms with Crippen molar-refractivity contribution < 1.29 is 9.53 Å². The fourth-order valence-electron chi connectivity index (χ4n) is 1.88. The van der Waals surface area contributed by atoms with Gasteiger partial charge >= 0.3 is 5.97 Å². The first-order valence-corrected chi connectivity index (χ1v) is 5.82. The molecule has 0 aliphatic heterocycles. The number of rotatable bonds is 4. The minimum Gasteiger partial charge on any atom is -0.464 e. The lowest BCUT2D eigenvalue weighted by Crippen LogP contribution is -2.30. The Hall–Kier alpha value is -1.65. The maximum atomic E-state index is 11.2. The van der Waals surface area contributed by atoms with E-state index in [1.54, 1.807) is 6.20 Å². The van der Waals surface area contributed by atoms with E-state index in [1.807, 2.05) is 7.05 Å². The average molecular weight is 235 g/mol. The third-order valence-corrected chi connectivity index (χ3v) is 3.18. The van der Waals surface area contributed by atoms with Gasteiger partial charge in [0.25, 0.3) is 0 Å². The van der Waals surface area contributed by atoms with Gasteiger partial charge in [0, 0.05) is 13.6 Å². The number of ether oxygens (including phenoxy) is 1. The molecule has 0 unspecified atom stereocenters. The van der Waals surface area contributed by atoms with Crippen LogP contribution in [0.4, 0.5) is 5.82 Å². The molecule has 2 rings (SSSR count). The zero-order valence-electron chi connectivity index (χ0n) is 10.2. The van der Waals surface area contributed by atoms with Crippen molar-refractivity contribution in [3.8, 4) is 0 Å². The van der Waals surface area contributed by atoms with Crippen molar-refractivity contribution in [1.82, 2.24) is 9.97 Å². The summed E-state index contributed by atoms with van der Waals surface area (Å²) in [5.74, 6) is 1.12. The Bertz CT molecular complexity index is 387. The Morgan fingerprint density at radius 1 is 1.47 bits per heavy atom. The number of hydrogen-bond donors (Lipinski definition) is 0. The van der Waals surface area contributed by atoms with E-state index in [1.165, 1.54) is 32.6 Å². The van der Waals surface area contributed by atoms with Crippen LogP contribution in [0.2, 0.25) is 0 Å². The first-order valence-electron chi connectivity index (χ1n) is 5.82. The lowest BCUT2D eigenvalue weighted by atomic mass is 9.85. The molecule has 5 nitrogen and oxygen atoms in total. The molecule has 1 fully saturated rings. The molecule has 0 amide bonds. The van der Waals surface area contributed by atoms with Crippen molar-refractivity contribution in [2.24, 2.45) is 5.92 Å². The molecule has 1 aliphatic rings. The molecule has 1 heterocycles. The van der Waals surface area contributed by atoms with Gasteiger partial charge in [0.2, 0.25) is 0 Å². The fourth-order valence-corrected chi connectivity index (χ4v) is 1.88. The van der Waals surface area contributed by atoms with Gasteiger partial charge in [-0.05, 0) is 18.8 Å². The third-order valence-electron chi connectivity index (χ3n) is 3.18. The second-order valence-corrected chi connectivity index (χ2v) is 4.43. The van der Waals surface area contributed by atoms with Crippen molar-refractivity contribution >= 4 is 11.8 Å². The molecule has 0 radical (unpaired) electrons. The maximum absolute atomic E-state index is 11.2. The van der Waals surface area contributed by atoms with Crippen LogP contribution in [0.15, 0.2) is 12.4 Å². The summed E-state index contributed by atoms with van der Waals surface area (Å²) in [7, 11) is 3.33. The SMILES string of the molecule is COC(=O)c1cnc(N(C)CC2CCC2)cn1. The molecular formula is C12H17N3O2. The number of anilines is 1. The van der Waals surface area contributed by atoms with Crippen molar-refractivity contribution in [2.75, 3.05) is 25.6 Å². The monoisotopic (exact) mass is 235 g/mol. The summed E-state index contributed by atoms with van der Waals surface area (Å²) in [5.41, 5.74) is 0.244. The molecule has 0 bridgehead atoms. The standard InChI is InChI=1S/C12H17N3O2/c1-15(8-9-4-3-5-9)11-7-13-10(6-14-11)12(16)17-2/h6-7,9H,3-5,8H2,1-2H3. The molecule has 0 aromatic carbocycles. The first kappa shape index (κ1) is 11.8. The summed E-state index contributed by atoms with van der Waals surface area (Å²) in [6.07, 6.45) is 7.02. The summed E-state index contributed by atoms with van der Waals surface area (Å²) in [6, 6.07) is 0. The van der Waals surface area contributed by atoms with Gasteiger partial charge in [-0.25, -0.2) is 14.8 Å². The number of aromatic nitrogens is 2. The third kappa shape index (κ3) is 2.72. The van der Waals surface area contributed by atoms with Crippen LogP contribution in [0, 0.1) is 5.92 Å².